The summed E-state index contributed by atoms with van der Waals surface area (Å²) in [5, 5.41) is 0. The summed E-state index contributed by atoms with van der Waals surface area (Å²) in [5.74, 6) is 0.239. The number of ether oxygens (including phenoxy) is 2. The lowest BCUT2D eigenvalue weighted by Gasteiger charge is -2.12. The molecule has 0 saturated carbocycles. The molecule has 1 atom stereocenters. The zero-order valence-electron chi connectivity index (χ0n) is 8.90. The average molecular weight is 209 g/mol. The first-order valence-corrected chi connectivity index (χ1v) is 4.71. The number of benzene rings is 1. The molecule has 2 N–H and O–H groups in total. The van der Waals surface area contributed by atoms with E-state index >= 15 is 0 Å². The Labute approximate surface area is 89.0 Å². The van der Waals surface area contributed by atoms with Gasteiger partial charge in [-0.05, 0) is 24.6 Å². The van der Waals surface area contributed by atoms with Crippen molar-refractivity contribution in [1.82, 2.24) is 0 Å². The van der Waals surface area contributed by atoms with Gasteiger partial charge in [0, 0.05) is 6.54 Å². The monoisotopic (exact) mass is 209 g/mol. The van der Waals surface area contributed by atoms with E-state index in [1.807, 2.05) is 12.1 Å². The van der Waals surface area contributed by atoms with E-state index in [0.717, 1.165) is 5.56 Å². The summed E-state index contributed by atoms with van der Waals surface area (Å²) in [7, 11) is 1.33. The molecule has 0 radical (unpaired) electrons. The summed E-state index contributed by atoms with van der Waals surface area (Å²) in [6, 6.07) is 7.28. The van der Waals surface area contributed by atoms with E-state index < -0.39 is 12.1 Å². The third-order valence-electron chi connectivity index (χ3n) is 2.01. The molecular formula is C11H15NO3. The van der Waals surface area contributed by atoms with E-state index in [1.165, 1.54) is 7.11 Å². The molecule has 1 aromatic rings. The molecule has 0 spiro atoms. The highest BCUT2D eigenvalue weighted by Gasteiger charge is 2.14. The maximum Gasteiger partial charge on any atom is 0.346 e. The van der Waals surface area contributed by atoms with Crippen molar-refractivity contribution in [2.75, 3.05) is 7.11 Å². The molecule has 0 aliphatic heterocycles. The first kappa shape index (κ1) is 11.5. The van der Waals surface area contributed by atoms with Crippen LogP contribution >= 0.6 is 0 Å². The van der Waals surface area contributed by atoms with Crippen LogP contribution in [0, 0.1) is 0 Å². The molecule has 0 aliphatic rings. The summed E-state index contributed by atoms with van der Waals surface area (Å²) in [4.78, 5) is 11.1. The van der Waals surface area contributed by atoms with Crippen molar-refractivity contribution in [3.63, 3.8) is 0 Å². The fourth-order valence-electron chi connectivity index (χ4n) is 1.12. The molecule has 82 valence electrons. The third kappa shape index (κ3) is 3.25. The Hall–Kier alpha value is -1.55. The summed E-state index contributed by atoms with van der Waals surface area (Å²) in [6.45, 7) is 2.13. The highest BCUT2D eigenvalue weighted by Crippen LogP contribution is 2.13. The van der Waals surface area contributed by atoms with Crippen LogP contribution in [0.1, 0.15) is 12.5 Å². The van der Waals surface area contributed by atoms with Crippen LogP contribution in [-0.2, 0) is 16.1 Å². The fraction of sp³-hybridized carbons (Fsp3) is 0.364. The topological polar surface area (TPSA) is 61.5 Å². The lowest BCUT2D eigenvalue weighted by atomic mass is 10.2. The molecule has 0 bridgehead atoms. The molecule has 15 heavy (non-hydrogen) atoms. The molecule has 4 heteroatoms. The maximum atomic E-state index is 11.1. The van der Waals surface area contributed by atoms with E-state index in [1.54, 1.807) is 19.1 Å². The van der Waals surface area contributed by atoms with E-state index in [9.17, 15) is 4.79 Å². The maximum absolute atomic E-state index is 11.1. The van der Waals surface area contributed by atoms with Crippen molar-refractivity contribution in [2.24, 2.45) is 5.73 Å². The SMILES string of the molecule is COC(=O)[C@H](C)Oc1ccc(CN)cc1. The van der Waals surface area contributed by atoms with E-state index in [0.29, 0.717) is 12.3 Å². The van der Waals surface area contributed by atoms with Gasteiger partial charge in [0.25, 0.3) is 0 Å². The molecule has 0 saturated heterocycles. The number of hydrogen-bond donors (Lipinski definition) is 1. The first-order valence-electron chi connectivity index (χ1n) is 4.71. The largest absolute Gasteiger partial charge is 0.479 e. The minimum absolute atomic E-state index is 0.391. The Kier molecular flexibility index (Phi) is 4.12. The quantitative estimate of drug-likeness (QED) is 0.754. The molecule has 0 fully saturated rings. The van der Waals surface area contributed by atoms with Gasteiger partial charge in [0.1, 0.15) is 5.75 Å². The van der Waals surface area contributed by atoms with Crippen LogP contribution in [0.25, 0.3) is 0 Å². The Bertz CT molecular complexity index is 321. The van der Waals surface area contributed by atoms with Crippen LogP contribution in [0.15, 0.2) is 24.3 Å². The van der Waals surface area contributed by atoms with Gasteiger partial charge < -0.3 is 15.2 Å². The average Bonchev–Trinajstić information content (AvgIpc) is 2.29. The van der Waals surface area contributed by atoms with Crippen LogP contribution in [0.2, 0.25) is 0 Å². The highest BCUT2D eigenvalue weighted by atomic mass is 16.6. The third-order valence-corrected chi connectivity index (χ3v) is 2.01. The highest BCUT2D eigenvalue weighted by molar-refractivity contribution is 5.74. The summed E-state index contributed by atoms with van der Waals surface area (Å²) in [5.41, 5.74) is 6.48. The van der Waals surface area contributed by atoms with Gasteiger partial charge in [0.05, 0.1) is 7.11 Å². The second-order valence-corrected chi connectivity index (χ2v) is 3.13. The van der Waals surface area contributed by atoms with Gasteiger partial charge in [0.2, 0.25) is 0 Å². The first-order chi connectivity index (χ1) is 7.17. The van der Waals surface area contributed by atoms with Crippen molar-refractivity contribution >= 4 is 5.97 Å². The van der Waals surface area contributed by atoms with Gasteiger partial charge in [-0.3, -0.25) is 0 Å². The van der Waals surface area contributed by atoms with E-state index in [4.69, 9.17) is 10.5 Å². The molecule has 1 rings (SSSR count). The molecule has 0 aromatic heterocycles. The number of carbonyl (C=O) groups excluding carboxylic acids is 1. The molecular weight excluding hydrogens is 194 g/mol. The van der Waals surface area contributed by atoms with Gasteiger partial charge >= 0.3 is 5.97 Å². The van der Waals surface area contributed by atoms with Crippen LogP contribution in [0.5, 0.6) is 5.75 Å². The number of rotatable bonds is 4. The number of esters is 1. The van der Waals surface area contributed by atoms with Gasteiger partial charge in [-0.25, -0.2) is 4.79 Å². The minimum atomic E-state index is -0.598. The van der Waals surface area contributed by atoms with E-state index in [2.05, 4.69) is 4.74 Å². The van der Waals surface area contributed by atoms with E-state index in [-0.39, 0.29) is 0 Å². The number of methoxy groups -OCH3 is 1. The zero-order chi connectivity index (χ0) is 11.3. The minimum Gasteiger partial charge on any atom is -0.479 e. The Morgan fingerprint density at radius 1 is 1.40 bits per heavy atom. The summed E-state index contributed by atoms with van der Waals surface area (Å²) in [6.07, 6.45) is -0.598. The Morgan fingerprint density at radius 3 is 2.47 bits per heavy atom. The van der Waals surface area contributed by atoms with Gasteiger partial charge in [-0.2, -0.15) is 0 Å². The van der Waals surface area contributed by atoms with Crippen LogP contribution in [0.4, 0.5) is 0 Å². The summed E-state index contributed by atoms with van der Waals surface area (Å²) >= 11 is 0. The molecule has 0 aliphatic carbocycles. The standard InChI is InChI=1S/C11H15NO3/c1-8(11(13)14-2)15-10-5-3-9(7-12)4-6-10/h3-6,8H,7,12H2,1-2H3/t8-/m0/s1. The van der Waals surface area contributed by atoms with Crippen molar-refractivity contribution < 1.29 is 14.3 Å². The number of carbonyl (C=O) groups is 1. The van der Waals surface area contributed by atoms with Crippen molar-refractivity contribution in [3.8, 4) is 5.75 Å². The number of hydrogen-bond acceptors (Lipinski definition) is 4. The second-order valence-electron chi connectivity index (χ2n) is 3.13. The van der Waals surface area contributed by atoms with Crippen molar-refractivity contribution in [3.05, 3.63) is 29.8 Å². The molecule has 0 amide bonds. The number of nitrogens with two attached hydrogens (primary N) is 1. The van der Waals surface area contributed by atoms with Crippen LogP contribution in [0.3, 0.4) is 0 Å². The lowest BCUT2D eigenvalue weighted by molar-refractivity contribution is -0.147. The predicted octanol–water partition coefficient (Wildman–Crippen LogP) is 1.09. The van der Waals surface area contributed by atoms with Crippen LogP contribution in [-0.4, -0.2) is 19.2 Å². The lowest BCUT2D eigenvalue weighted by Crippen LogP contribution is -2.24. The summed E-state index contributed by atoms with van der Waals surface area (Å²) < 4.78 is 9.90. The van der Waals surface area contributed by atoms with Crippen molar-refractivity contribution in [1.29, 1.82) is 0 Å². The smallest absolute Gasteiger partial charge is 0.346 e. The zero-order valence-corrected chi connectivity index (χ0v) is 8.90. The Balaban J connectivity index is 2.60. The fourth-order valence-corrected chi connectivity index (χ4v) is 1.12. The van der Waals surface area contributed by atoms with Crippen molar-refractivity contribution in [2.45, 2.75) is 19.6 Å². The van der Waals surface area contributed by atoms with Gasteiger partial charge in [-0.1, -0.05) is 12.1 Å². The normalized spacial score (nSPS) is 11.9. The molecule has 0 unspecified atom stereocenters. The van der Waals surface area contributed by atoms with Crippen LogP contribution < -0.4 is 10.5 Å². The second kappa shape index (κ2) is 5.36. The van der Waals surface area contributed by atoms with Gasteiger partial charge in [-0.15, -0.1) is 0 Å². The predicted molar refractivity (Wildman–Crippen MR) is 56.4 cm³/mol. The Morgan fingerprint density at radius 2 is 2.00 bits per heavy atom. The molecule has 4 nitrogen and oxygen atoms in total. The molecule has 0 heterocycles. The van der Waals surface area contributed by atoms with Gasteiger partial charge in [0.15, 0.2) is 6.10 Å². The molecule has 1 aromatic carbocycles.